The second kappa shape index (κ2) is 8.04. The molecule has 0 spiro atoms. The summed E-state index contributed by atoms with van der Waals surface area (Å²) in [5, 5.41) is 0. The average molecular weight is 370 g/mol. The Bertz CT molecular complexity index is 781. The lowest BCUT2D eigenvalue weighted by Crippen LogP contribution is -2.37. The summed E-state index contributed by atoms with van der Waals surface area (Å²) < 4.78 is 10.7. The minimum absolute atomic E-state index is 0.362. The van der Waals surface area contributed by atoms with Gasteiger partial charge in [-0.1, -0.05) is 0 Å². The molecule has 2 aliphatic rings. The van der Waals surface area contributed by atoms with E-state index >= 15 is 0 Å². The molecular weight excluding hydrogens is 344 g/mol. The molecule has 4 heterocycles. The number of hydrogen-bond donors (Lipinski definition) is 0. The number of anilines is 2. The molecule has 0 aliphatic carbocycles. The molecule has 0 amide bonds. The number of aryl methyl sites for hydroxylation is 1. The van der Waals surface area contributed by atoms with Gasteiger partial charge in [0.15, 0.2) is 0 Å². The maximum atomic E-state index is 5.47. The zero-order chi connectivity index (χ0) is 18.6. The maximum Gasteiger partial charge on any atom is 0.218 e. The van der Waals surface area contributed by atoms with Gasteiger partial charge in [-0.2, -0.15) is 0 Å². The Morgan fingerprint density at radius 3 is 2.70 bits per heavy atom. The van der Waals surface area contributed by atoms with Crippen LogP contribution in [-0.4, -0.2) is 66.4 Å². The fourth-order valence-electron chi connectivity index (χ4n) is 3.78. The first kappa shape index (κ1) is 17.9. The van der Waals surface area contributed by atoms with E-state index in [4.69, 9.17) is 14.5 Å². The van der Waals surface area contributed by atoms with Crippen molar-refractivity contribution in [2.45, 2.75) is 25.7 Å². The highest BCUT2D eigenvalue weighted by Crippen LogP contribution is 2.30. The maximum absolute atomic E-state index is 5.47. The Kier molecular flexibility index (Phi) is 5.33. The third-order valence-corrected chi connectivity index (χ3v) is 5.18. The molecule has 8 nitrogen and oxygen atoms in total. The SMILES string of the molecule is COc1cc(N2CCC[C@@H](c3cc(N4CCOCC4)nc(C)n3)C2)ncn1. The molecule has 0 N–H and O–H groups in total. The molecule has 0 unspecified atom stereocenters. The van der Waals surface area contributed by atoms with Gasteiger partial charge in [-0.15, -0.1) is 0 Å². The molecule has 27 heavy (non-hydrogen) atoms. The van der Waals surface area contributed by atoms with E-state index in [9.17, 15) is 0 Å². The van der Waals surface area contributed by atoms with Crippen molar-refractivity contribution in [1.82, 2.24) is 19.9 Å². The quantitative estimate of drug-likeness (QED) is 0.806. The number of rotatable bonds is 4. The normalized spacial score (nSPS) is 20.6. The summed E-state index contributed by atoms with van der Waals surface area (Å²) >= 11 is 0. The lowest BCUT2D eigenvalue weighted by Gasteiger charge is -2.34. The van der Waals surface area contributed by atoms with E-state index in [1.807, 2.05) is 13.0 Å². The Hall–Kier alpha value is -2.48. The monoisotopic (exact) mass is 370 g/mol. The van der Waals surface area contributed by atoms with Crippen LogP contribution >= 0.6 is 0 Å². The summed E-state index contributed by atoms with van der Waals surface area (Å²) in [6, 6.07) is 4.06. The van der Waals surface area contributed by atoms with Crippen molar-refractivity contribution in [2.75, 3.05) is 56.3 Å². The molecule has 4 rings (SSSR count). The van der Waals surface area contributed by atoms with Crippen LogP contribution in [0, 0.1) is 6.92 Å². The van der Waals surface area contributed by atoms with Crippen molar-refractivity contribution in [1.29, 1.82) is 0 Å². The van der Waals surface area contributed by atoms with Gasteiger partial charge < -0.3 is 19.3 Å². The fourth-order valence-corrected chi connectivity index (χ4v) is 3.78. The minimum Gasteiger partial charge on any atom is -0.481 e. The van der Waals surface area contributed by atoms with Gasteiger partial charge in [-0.05, 0) is 19.8 Å². The molecule has 2 aliphatic heterocycles. The van der Waals surface area contributed by atoms with E-state index in [2.05, 4.69) is 30.8 Å². The van der Waals surface area contributed by atoms with Crippen molar-refractivity contribution in [3.63, 3.8) is 0 Å². The van der Waals surface area contributed by atoms with Crippen LogP contribution in [0.2, 0.25) is 0 Å². The van der Waals surface area contributed by atoms with Crippen molar-refractivity contribution in [3.8, 4) is 5.88 Å². The molecule has 0 bridgehead atoms. The lowest BCUT2D eigenvalue weighted by atomic mass is 9.94. The number of morpholine rings is 1. The van der Waals surface area contributed by atoms with Gasteiger partial charge >= 0.3 is 0 Å². The van der Waals surface area contributed by atoms with Crippen molar-refractivity contribution < 1.29 is 9.47 Å². The highest BCUT2D eigenvalue weighted by molar-refractivity contribution is 5.44. The van der Waals surface area contributed by atoms with Crippen LogP contribution in [0.5, 0.6) is 5.88 Å². The zero-order valence-corrected chi connectivity index (χ0v) is 16.0. The first-order chi connectivity index (χ1) is 13.2. The van der Waals surface area contributed by atoms with E-state index in [1.165, 1.54) is 0 Å². The number of methoxy groups -OCH3 is 1. The largest absolute Gasteiger partial charge is 0.481 e. The first-order valence-corrected chi connectivity index (χ1v) is 9.52. The number of aromatic nitrogens is 4. The van der Waals surface area contributed by atoms with Crippen LogP contribution in [0.15, 0.2) is 18.5 Å². The predicted molar refractivity (Wildman–Crippen MR) is 103 cm³/mol. The summed E-state index contributed by atoms with van der Waals surface area (Å²) in [5.74, 6) is 3.71. The van der Waals surface area contributed by atoms with Crippen LogP contribution < -0.4 is 14.5 Å². The van der Waals surface area contributed by atoms with Crippen molar-refractivity contribution in [3.05, 3.63) is 30.0 Å². The van der Waals surface area contributed by atoms with E-state index in [-0.39, 0.29) is 0 Å². The minimum atomic E-state index is 0.362. The summed E-state index contributed by atoms with van der Waals surface area (Å²) in [4.78, 5) is 22.5. The third kappa shape index (κ3) is 4.10. The molecular formula is C19H26N6O2. The first-order valence-electron chi connectivity index (χ1n) is 9.52. The second-order valence-electron chi connectivity index (χ2n) is 7.00. The zero-order valence-electron chi connectivity index (χ0n) is 16.0. The van der Waals surface area contributed by atoms with Gasteiger partial charge in [0.05, 0.1) is 26.0 Å². The summed E-state index contributed by atoms with van der Waals surface area (Å²) in [5.41, 5.74) is 1.12. The lowest BCUT2D eigenvalue weighted by molar-refractivity contribution is 0.122. The van der Waals surface area contributed by atoms with Gasteiger partial charge in [0.1, 0.15) is 23.8 Å². The molecule has 2 aromatic rings. The number of hydrogen-bond acceptors (Lipinski definition) is 8. The van der Waals surface area contributed by atoms with Crippen LogP contribution in [0.3, 0.4) is 0 Å². The molecule has 0 saturated carbocycles. The molecule has 1 atom stereocenters. The summed E-state index contributed by atoms with van der Waals surface area (Å²) in [6.45, 7) is 7.12. The molecule has 0 radical (unpaired) electrons. The van der Waals surface area contributed by atoms with Crippen molar-refractivity contribution in [2.24, 2.45) is 0 Å². The van der Waals surface area contributed by atoms with Crippen LogP contribution in [0.1, 0.15) is 30.3 Å². The van der Waals surface area contributed by atoms with Crippen LogP contribution in [0.25, 0.3) is 0 Å². The van der Waals surface area contributed by atoms with Crippen LogP contribution in [-0.2, 0) is 4.74 Å². The molecule has 0 aromatic carbocycles. The molecule has 2 aromatic heterocycles. The van der Waals surface area contributed by atoms with Crippen LogP contribution in [0.4, 0.5) is 11.6 Å². The average Bonchev–Trinajstić information content (AvgIpc) is 2.74. The van der Waals surface area contributed by atoms with Gasteiger partial charge in [0.2, 0.25) is 5.88 Å². The Labute approximate surface area is 159 Å². The third-order valence-electron chi connectivity index (χ3n) is 5.18. The highest BCUT2D eigenvalue weighted by atomic mass is 16.5. The van der Waals surface area contributed by atoms with E-state index < -0.39 is 0 Å². The van der Waals surface area contributed by atoms with E-state index in [1.54, 1.807) is 13.4 Å². The van der Waals surface area contributed by atoms with E-state index in [0.717, 1.165) is 75.4 Å². The van der Waals surface area contributed by atoms with E-state index in [0.29, 0.717) is 11.8 Å². The molecule has 144 valence electrons. The predicted octanol–water partition coefficient (Wildman–Crippen LogP) is 1.80. The topological polar surface area (TPSA) is 76.5 Å². The Balaban J connectivity index is 1.54. The Morgan fingerprint density at radius 1 is 1.04 bits per heavy atom. The summed E-state index contributed by atoms with van der Waals surface area (Å²) in [6.07, 6.45) is 3.79. The van der Waals surface area contributed by atoms with Gasteiger partial charge in [0, 0.05) is 44.2 Å². The molecule has 2 fully saturated rings. The fraction of sp³-hybridized carbons (Fsp3) is 0.579. The van der Waals surface area contributed by atoms with Gasteiger partial charge in [0.25, 0.3) is 0 Å². The number of piperidine rings is 1. The Morgan fingerprint density at radius 2 is 1.89 bits per heavy atom. The smallest absolute Gasteiger partial charge is 0.218 e. The number of nitrogens with zero attached hydrogens (tertiary/aromatic N) is 6. The number of ether oxygens (including phenoxy) is 2. The van der Waals surface area contributed by atoms with Gasteiger partial charge in [-0.3, -0.25) is 0 Å². The molecule has 8 heteroatoms. The van der Waals surface area contributed by atoms with Gasteiger partial charge in [-0.25, -0.2) is 19.9 Å². The second-order valence-corrected chi connectivity index (χ2v) is 7.00. The standard InChI is InChI=1S/C19H26N6O2/c1-14-22-16(10-18(23-14)24-6-8-27-9-7-24)15-4-3-5-25(12-15)17-11-19(26-2)21-13-20-17/h10-11,13,15H,3-9,12H2,1-2H3/t15-/m1/s1. The summed E-state index contributed by atoms with van der Waals surface area (Å²) in [7, 11) is 1.63. The highest BCUT2D eigenvalue weighted by Gasteiger charge is 2.25. The molecule has 2 saturated heterocycles. The van der Waals surface area contributed by atoms with Crippen molar-refractivity contribution >= 4 is 11.6 Å².